The monoisotopic (exact) mass is 564 g/mol. The molecule has 0 spiro atoms. The number of carbonyl (C=O) groups is 2. The van der Waals surface area contributed by atoms with E-state index < -0.39 is 11.9 Å². The Morgan fingerprint density at radius 3 is 0.875 bits per heavy atom. The Labute approximate surface area is 233 Å². The van der Waals surface area contributed by atoms with Gasteiger partial charge in [0.15, 0.2) is 0 Å². The SMILES string of the molecule is O=C1COCCOc2ccc(cc2)OCCOCC(=O)OCCOCCOc2ccc(cc2)OCCOCCO1. The predicted octanol–water partition coefficient (Wildman–Crippen LogP) is 2.07. The van der Waals surface area contributed by atoms with Gasteiger partial charge in [-0.2, -0.15) is 0 Å². The molecule has 4 bridgehead atoms. The molecule has 2 aromatic rings. The van der Waals surface area contributed by atoms with Crippen molar-refractivity contribution in [2.45, 2.75) is 0 Å². The Kier molecular flexibility index (Phi) is 15.1. The molecule has 220 valence electrons. The van der Waals surface area contributed by atoms with Gasteiger partial charge in [0.25, 0.3) is 0 Å². The van der Waals surface area contributed by atoms with Crippen LogP contribution >= 0.6 is 0 Å². The minimum Gasteiger partial charge on any atom is -0.491 e. The predicted molar refractivity (Wildman–Crippen MR) is 140 cm³/mol. The summed E-state index contributed by atoms with van der Waals surface area (Å²) in [5.41, 5.74) is 0. The first-order chi connectivity index (χ1) is 19.7. The smallest absolute Gasteiger partial charge is 0.332 e. The Hall–Kier alpha value is -3.58. The summed E-state index contributed by atoms with van der Waals surface area (Å²) in [5.74, 6) is 1.65. The standard InChI is InChI=1S/C28H36O12/c29-27-21-33-13-17-37-25-5-7-26(8-6-25)38-18-14-34-22-28(30)40-20-12-32-10-16-36-24-2-1-23(3-4-24)35-15-9-31-11-19-39-27/h1-8H,9-22H2. The fourth-order valence-electron chi connectivity index (χ4n) is 3.17. The zero-order chi connectivity index (χ0) is 28.1. The highest BCUT2D eigenvalue weighted by atomic mass is 16.6. The highest BCUT2D eigenvalue weighted by molar-refractivity contribution is 5.70. The molecule has 0 aromatic heterocycles. The quantitative estimate of drug-likeness (QED) is 0.435. The molecule has 12 heteroatoms. The zero-order valence-corrected chi connectivity index (χ0v) is 22.4. The Morgan fingerprint density at radius 1 is 0.325 bits per heavy atom. The minimum absolute atomic E-state index is 0.125. The molecule has 40 heavy (non-hydrogen) atoms. The van der Waals surface area contributed by atoms with Crippen molar-refractivity contribution in [2.75, 3.05) is 92.5 Å². The van der Waals surface area contributed by atoms with Crippen LogP contribution in [0.2, 0.25) is 0 Å². The van der Waals surface area contributed by atoms with Gasteiger partial charge in [-0.15, -0.1) is 0 Å². The normalized spacial score (nSPS) is 18.5. The number of carbonyl (C=O) groups excluding carboxylic acids is 2. The fraction of sp³-hybridized carbons (Fsp3) is 0.500. The lowest BCUT2D eigenvalue weighted by molar-refractivity contribution is -0.151. The molecule has 0 radical (unpaired) electrons. The molecule has 0 unspecified atom stereocenters. The van der Waals surface area contributed by atoms with E-state index in [0.717, 1.165) is 0 Å². The maximum absolute atomic E-state index is 11.7. The molecule has 0 N–H and O–H groups in total. The van der Waals surface area contributed by atoms with Crippen LogP contribution < -0.4 is 18.9 Å². The average Bonchev–Trinajstić information content (AvgIpc) is 2.97. The maximum Gasteiger partial charge on any atom is 0.332 e. The maximum atomic E-state index is 11.7. The number of benzene rings is 2. The number of esters is 2. The molecule has 2 aromatic carbocycles. The van der Waals surface area contributed by atoms with Crippen molar-refractivity contribution in [3.63, 3.8) is 0 Å². The van der Waals surface area contributed by atoms with Crippen LogP contribution in [0.4, 0.5) is 0 Å². The van der Waals surface area contributed by atoms with Crippen molar-refractivity contribution in [1.82, 2.24) is 0 Å². The van der Waals surface area contributed by atoms with E-state index in [9.17, 15) is 9.59 Å². The molecular weight excluding hydrogens is 528 g/mol. The Bertz CT molecular complexity index is 886. The third-order valence-corrected chi connectivity index (χ3v) is 5.05. The van der Waals surface area contributed by atoms with Gasteiger partial charge in [-0.25, -0.2) is 9.59 Å². The van der Waals surface area contributed by atoms with Gasteiger partial charge in [-0.3, -0.25) is 0 Å². The first-order valence-corrected chi connectivity index (χ1v) is 13.0. The van der Waals surface area contributed by atoms with Crippen LogP contribution in [0.25, 0.3) is 0 Å². The van der Waals surface area contributed by atoms with E-state index in [-0.39, 0.29) is 66.1 Å². The summed E-state index contributed by atoms with van der Waals surface area (Å²) in [5, 5.41) is 0. The van der Waals surface area contributed by atoms with Crippen molar-refractivity contribution in [2.24, 2.45) is 0 Å². The highest BCUT2D eigenvalue weighted by Crippen LogP contribution is 2.18. The number of ether oxygens (including phenoxy) is 10. The van der Waals surface area contributed by atoms with Gasteiger partial charge >= 0.3 is 11.9 Å². The van der Waals surface area contributed by atoms with Crippen LogP contribution in [0.15, 0.2) is 48.5 Å². The summed E-state index contributed by atoms with van der Waals surface area (Å²) in [6.45, 7) is 2.76. The van der Waals surface area contributed by atoms with E-state index >= 15 is 0 Å². The van der Waals surface area contributed by atoms with Crippen LogP contribution in [0.1, 0.15) is 0 Å². The van der Waals surface area contributed by atoms with E-state index in [1.165, 1.54) is 0 Å². The summed E-state index contributed by atoms with van der Waals surface area (Å²) >= 11 is 0. The summed E-state index contributed by atoms with van der Waals surface area (Å²) in [4.78, 5) is 23.5. The van der Waals surface area contributed by atoms with E-state index in [1.54, 1.807) is 48.5 Å². The third kappa shape index (κ3) is 14.0. The lowest BCUT2D eigenvalue weighted by Crippen LogP contribution is -2.19. The van der Waals surface area contributed by atoms with Crippen LogP contribution in [0, 0.1) is 0 Å². The van der Waals surface area contributed by atoms with Gasteiger partial charge in [-0.1, -0.05) is 0 Å². The van der Waals surface area contributed by atoms with Crippen molar-refractivity contribution in [3.05, 3.63) is 48.5 Å². The molecule has 0 amide bonds. The van der Waals surface area contributed by atoms with Gasteiger partial charge in [-0.05, 0) is 48.5 Å². The molecule has 6 rings (SSSR count). The lowest BCUT2D eigenvalue weighted by Gasteiger charge is -2.11. The average molecular weight is 565 g/mol. The van der Waals surface area contributed by atoms with Gasteiger partial charge in [0.05, 0.1) is 39.6 Å². The Morgan fingerprint density at radius 2 is 0.575 bits per heavy atom. The molecule has 12 nitrogen and oxygen atoms in total. The minimum atomic E-state index is -0.478. The van der Waals surface area contributed by atoms with E-state index in [0.29, 0.717) is 49.4 Å². The molecule has 4 aliphatic heterocycles. The molecule has 0 saturated heterocycles. The van der Waals surface area contributed by atoms with Gasteiger partial charge in [0.2, 0.25) is 0 Å². The molecule has 0 aliphatic carbocycles. The summed E-state index contributed by atoms with van der Waals surface area (Å²) < 4.78 is 53.9. The van der Waals surface area contributed by atoms with Crippen LogP contribution in [-0.4, -0.2) is 104 Å². The number of hydrogen-bond acceptors (Lipinski definition) is 12. The Balaban J connectivity index is 1.37. The topological polar surface area (TPSA) is 126 Å². The van der Waals surface area contributed by atoms with E-state index in [2.05, 4.69) is 0 Å². The molecule has 0 saturated carbocycles. The van der Waals surface area contributed by atoms with E-state index in [4.69, 9.17) is 47.4 Å². The second kappa shape index (κ2) is 19.5. The van der Waals surface area contributed by atoms with Crippen LogP contribution in [0.5, 0.6) is 23.0 Å². The van der Waals surface area contributed by atoms with Gasteiger partial charge in [0, 0.05) is 0 Å². The van der Waals surface area contributed by atoms with Crippen molar-refractivity contribution >= 4 is 11.9 Å². The molecule has 4 heterocycles. The molecule has 0 fully saturated rings. The van der Waals surface area contributed by atoms with Crippen LogP contribution in [0.3, 0.4) is 0 Å². The molecule has 4 aliphatic rings. The third-order valence-electron chi connectivity index (χ3n) is 5.05. The van der Waals surface area contributed by atoms with Gasteiger partial charge < -0.3 is 47.4 Å². The first-order valence-electron chi connectivity index (χ1n) is 13.0. The second-order valence-corrected chi connectivity index (χ2v) is 8.11. The number of rotatable bonds is 0. The van der Waals surface area contributed by atoms with Crippen molar-refractivity contribution in [1.29, 1.82) is 0 Å². The number of hydrogen-bond donors (Lipinski definition) is 0. The second-order valence-electron chi connectivity index (χ2n) is 8.11. The van der Waals surface area contributed by atoms with Crippen molar-refractivity contribution in [3.8, 4) is 23.0 Å². The first kappa shape index (κ1) is 31.0. The summed E-state index contributed by atoms with van der Waals surface area (Å²) in [6.07, 6.45) is 0. The van der Waals surface area contributed by atoms with Crippen LogP contribution in [-0.2, 0) is 38.0 Å². The summed E-state index contributed by atoms with van der Waals surface area (Å²) in [6, 6.07) is 14.2. The van der Waals surface area contributed by atoms with Gasteiger partial charge in [0.1, 0.15) is 75.9 Å². The molecule has 0 atom stereocenters. The van der Waals surface area contributed by atoms with Crippen molar-refractivity contribution < 1.29 is 57.0 Å². The zero-order valence-electron chi connectivity index (χ0n) is 22.4. The van der Waals surface area contributed by atoms with E-state index in [1.807, 2.05) is 0 Å². The highest BCUT2D eigenvalue weighted by Gasteiger charge is 2.05. The molecular formula is C28H36O12. The summed E-state index contributed by atoms with van der Waals surface area (Å²) in [7, 11) is 0. The fourth-order valence-corrected chi connectivity index (χ4v) is 3.17. The lowest BCUT2D eigenvalue weighted by atomic mass is 10.3. The largest absolute Gasteiger partial charge is 0.491 e.